The van der Waals surface area contributed by atoms with Gasteiger partial charge in [-0.1, -0.05) is 36.4 Å². The Bertz CT molecular complexity index is 624. The SMILES string of the molecule is CC(C)(NC(=O)O)c1cc(-c2ccccc2)ccc1F. The molecule has 20 heavy (non-hydrogen) atoms. The minimum Gasteiger partial charge on any atom is -0.465 e. The lowest BCUT2D eigenvalue weighted by Crippen LogP contribution is -2.40. The van der Waals surface area contributed by atoms with Crippen LogP contribution in [0.25, 0.3) is 11.1 Å². The molecule has 2 rings (SSSR count). The fourth-order valence-electron chi connectivity index (χ4n) is 2.15. The third-order valence-electron chi connectivity index (χ3n) is 3.17. The molecule has 0 heterocycles. The summed E-state index contributed by atoms with van der Waals surface area (Å²) in [6.07, 6.45) is -1.18. The van der Waals surface area contributed by atoms with Gasteiger partial charge in [-0.3, -0.25) is 0 Å². The van der Waals surface area contributed by atoms with E-state index in [1.807, 2.05) is 30.3 Å². The third-order valence-corrected chi connectivity index (χ3v) is 3.17. The van der Waals surface area contributed by atoms with Crippen LogP contribution in [0, 0.1) is 5.82 Å². The Morgan fingerprint density at radius 1 is 1.10 bits per heavy atom. The number of carboxylic acid groups (broad SMARTS) is 1. The molecular formula is C16H16FNO2. The van der Waals surface area contributed by atoms with Crippen molar-refractivity contribution in [2.24, 2.45) is 0 Å². The number of benzene rings is 2. The molecule has 0 radical (unpaired) electrons. The Kier molecular flexibility index (Phi) is 3.74. The second-order valence-electron chi connectivity index (χ2n) is 5.12. The molecule has 0 aliphatic rings. The topological polar surface area (TPSA) is 49.3 Å². The second-order valence-corrected chi connectivity index (χ2v) is 5.12. The monoisotopic (exact) mass is 273 g/mol. The summed E-state index contributed by atoms with van der Waals surface area (Å²) in [6, 6.07) is 14.3. The zero-order valence-corrected chi connectivity index (χ0v) is 11.4. The van der Waals surface area contributed by atoms with Crippen molar-refractivity contribution in [3.8, 4) is 11.1 Å². The van der Waals surface area contributed by atoms with Crippen LogP contribution in [-0.4, -0.2) is 11.2 Å². The van der Waals surface area contributed by atoms with Crippen molar-refractivity contribution in [1.29, 1.82) is 0 Å². The van der Waals surface area contributed by atoms with Gasteiger partial charge in [-0.2, -0.15) is 0 Å². The molecule has 0 atom stereocenters. The van der Waals surface area contributed by atoms with Gasteiger partial charge in [0.1, 0.15) is 5.82 Å². The first-order valence-corrected chi connectivity index (χ1v) is 6.27. The van der Waals surface area contributed by atoms with Gasteiger partial charge in [-0.25, -0.2) is 9.18 Å². The van der Waals surface area contributed by atoms with Crippen molar-refractivity contribution in [1.82, 2.24) is 5.32 Å². The normalized spacial score (nSPS) is 11.2. The first kappa shape index (κ1) is 14.1. The predicted molar refractivity (Wildman–Crippen MR) is 76.0 cm³/mol. The van der Waals surface area contributed by atoms with E-state index in [1.165, 1.54) is 6.07 Å². The first-order valence-electron chi connectivity index (χ1n) is 6.27. The Balaban J connectivity index is 2.47. The van der Waals surface area contributed by atoms with Crippen LogP contribution in [0.15, 0.2) is 48.5 Å². The van der Waals surface area contributed by atoms with Crippen molar-refractivity contribution >= 4 is 6.09 Å². The van der Waals surface area contributed by atoms with Crippen LogP contribution in [0.1, 0.15) is 19.4 Å². The van der Waals surface area contributed by atoms with Gasteiger partial charge in [0.25, 0.3) is 0 Å². The van der Waals surface area contributed by atoms with E-state index in [2.05, 4.69) is 5.32 Å². The Morgan fingerprint density at radius 3 is 2.35 bits per heavy atom. The van der Waals surface area contributed by atoms with Crippen molar-refractivity contribution in [3.63, 3.8) is 0 Å². The van der Waals surface area contributed by atoms with Gasteiger partial charge in [-0.05, 0) is 37.1 Å². The highest BCUT2D eigenvalue weighted by Crippen LogP contribution is 2.28. The zero-order valence-electron chi connectivity index (χ0n) is 11.4. The van der Waals surface area contributed by atoms with Crippen LogP contribution < -0.4 is 5.32 Å². The van der Waals surface area contributed by atoms with Gasteiger partial charge in [0.05, 0.1) is 5.54 Å². The number of rotatable bonds is 3. The fourth-order valence-corrected chi connectivity index (χ4v) is 2.15. The van der Waals surface area contributed by atoms with E-state index >= 15 is 0 Å². The third kappa shape index (κ3) is 2.96. The highest BCUT2D eigenvalue weighted by atomic mass is 19.1. The molecule has 2 aromatic rings. The van der Waals surface area contributed by atoms with Gasteiger partial charge < -0.3 is 10.4 Å². The average Bonchev–Trinajstić information content (AvgIpc) is 2.38. The van der Waals surface area contributed by atoms with E-state index < -0.39 is 17.4 Å². The minimum absolute atomic E-state index is 0.321. The van der Waals surface area contributed by atoms with Gasteiger partial charge in [-0.15, -0.1) is 0 Å². The maximum absolute atomic E-state index is 14.0. The molecule has 104 valence electrons. The molecule has 0 aromatic heterocycles. The van der Waals surface area contributed by atoms with E-state index in [9.17, 15) is 9.18 Å². The van der Waals surface area contributed by atoms with Gasteiger partial charge >= 0.3 is 6.09 Å². The molecule has 0 bridgehead atoms. The first-order chi connectivity index (χ1) is 9.40. The fraction of sp³-hybridized carbons (Fsp3) is 0.188. The van der Waals surface area contributed by atoms with Gasteiger partial charge in [0, 0.05) is 5.56 Å². The van der Waals surface area contributed by atoms with Crippen molar-refractivity contribution < 1.29 is 14.3 Å². The molecule has 0 saturated heterocycles. The highest BCUT2D eigenvalue weighted by molar-refractivity contribution is 5.68. The summed E-state index contributed by atoms with van der Waals surface area (Å²) in [5.41, 5.74) is 1.13. The molecule has 0 aliphatic carbocycles. The van der Waals surface area contributed by atoms with Gasteiger partial charge in [0.2, 0.25) is 0 Å². The molecule has 0 saturated carbocycles. The van der Waals surface area contributed by atoms with Crippen LogP contribution in [0.2, 0.25) is 0 Å². The summed E-state index contributed by atoms with van der Waals surface area (Å²) in [6.45, 7) is 3.27. The van der Waals surface area contributed by atoms with Crippen LogP contribution in [-0.2, 0) is 5.54 Å². The van der Waals surface area contributed by atoms with E-state index in [1.54, 1.807) is 26.0 Å². The molecular weight excluding hydrogens is 257 g/mol. The van der Waals surface area contributed by atoms with Gasteiger partial charge in [0.15, 0.2) is 0 Å². The summed E-state index contributed by atoms with van der Waals surface area (Å²) >= 11 is 0. The van der Waals surface area contributed by atoms with Crippen LogP contribution in [0.4, 0.5) is 9.18 Å². The lowest BCUT2D eigenvalue weighted by molar-refractivity contribution is 0.181. The highest BCUT2D eigenvalue weighted by Gasteiger charge is 2.26. The number of amides is 1. The second kappa shape index (κ2) is 5.33. The van der Waals surface area contributed by atoms with E-state index in [4.69, 9.17) is 5.11 Å². The van der Waals surface area contributed by atoms with Crippen LogP contribution in [0.5, 0.6) is 0 Å². The number of hydrogen-bond acceptors (Lipinski definition) is 1. The number of carbonyl (C=O) groups is 1. The number of nitrogens with one attached hydrogen (secondary N) is 1. The van der Waals surface area contributed by atoms with E-state index in [0.717, 1.165) is 11.1 Å². The molecule has 0 unspecified atom stereocenters. The Morgan fingerprint density at radius 2 is 1.75 bits per heavy atom. The summed E-state index contributed by atoms with van der Waals surface area (Å²) in [5, 5.41) is 11.2. The summed E-state index contributed by atoms with van der Waals surface area (Å²) < 4.78 is 14.0. The van der Waals surface area contributed by atoms with Crippen LogP contribution >= 0.6 is 0 Å². The summed E-state index contributed by atoms with van der Waals surface area (Å²) in [5.74, 6) is -0.427. The average molecular weight is 273 g/mol. The maximum Gasteiger partial charge on any atom is 0.405 e. The largest absolute Gasteiger partial charge is 0.465 e. The quantitative estimate of drug-likeness (QED) is 0.888. The molecule has 0 spiro atoms. The minimum atomic E-state index is -1.18. The molecule has 0 fully saturated rings. The Labute approximate surface area is 117 Å². The molecule has 4 heteroatoms. The predicted octanol–water partition coefficient (Wildman–Crippen LogP) is 4.00. The maximum atomic E-state index is 14.0. The Hall–Kier alpha value is -2.36. The molecule has 2 N–H and O–H groups in total. The summed E-state index contributed by atoms with van der Waals surface area (Å²) in [4.78, 5) is 10.8. The van der Waals surface area contributed by atoms with E-state index in [-0.39, 0.29) is 0 Å². The number of hydrogen-bond donors (Lipinski definition) is 2. The lowest BCUT2D eigenvalue weighted by Gasteiger charge is -2.26. The molecule has 1 amide bonds. The van der Waals surface area contributed by atoms with Crippen LogP contribution in [0.3, 0.4) is 0 Å². The van der Waals surface area contributed by atoms with Crippen molar-refractivity contribution in [2.45, 2.75) is 19.4 Å². The standard InChI is InChI=1S/C16H16FNO2/c1-16(2,18-15(19)20)13-10-12(8-9-14(13)17)11-6-4-3-5-7-11/h3-10,18H,1-2H3,(H,19,20). The van der Waals surface area contributed by atoms with E-state index in [0.29, 0.717) is 5.56 Å². The van der Waals surface area contributed by atoms with Crippen molar-refractivity contribution in [3.05, 3.63) is 59.9 Å². The smallest absolute Gasteiger partial charge is 0.405 e. The lowest BCUT2D eigenvalue weighted by atomic mass is 9.91. The van der Waals surface area contributed by atoms with Crippen molar-refractivity contribution in [2.75, 3.05) is 0 Å². The molecule has 3 nitrogen and oxygen atoms in total. The molecule has 2 aromatic carbocycles. The number of halogens is 1. The summed E-state index contributed by atoms with van der Waals surface area (Å²) in [7, 11) is 0. The zero-order chi connectivity index (χ0) is 14.8. The molecule has 0 aliphatic heterocycles.